The Balaban J connectivity index is 1.58. The average Bonchev–Trinajstić information content (AvgIpc) is 3.13. The summed E-state index contributed by atoms with van der Waals surface area (Å²) in [5, 5.41) is 12.1. The molecule has 0 aliphatic heterocycles. The molecule has 0 radical (unpaired) electrons. The Hall–Kier alpha value is -3.32. The monoisotopic (exact) mass is 352 g/mol. The summed E-state index contributed by atoms with van der Waals surface area (Å²) in [6, 6.07) is 13.5. The van der Waals surface area contributed by atoms with E-state index in [2.05, 4.69) is 10.3 Å². The van der Waals surface area contributed by atoms with E-state index < -0.39 is 6.04 Å². The molecule has 3 rings (SSSR count). The number of phenols is 1. The molecule has 0 aliphatic carbocycles. The van der Waals surface area contributed by atoms with E-state index in [-0.39, 0.29) is 23.2 Å². The molecule has 0 saturated heterocycles. The van der Waals surface area contributed by atoms with Gasteiger partial charge < -0.3 is 26.3 Å². The number of nitrogens with one attached hydrogen (secondary N) is 1. The first-order valence-electron chi connectivity index (χ1n) is 8.13. The van der Waals surface area contributed by atoms with Gasteiger partial charge in [-0.3, -0.25) is 4.79 Å². The van der Waals surface area contributed by atoms with Crippen molar-refractivity contribution in [2.45, 2.75) is 19.0 Å². The highest BCUT2D eigenvalue weighted by molar-refractivity contribution is 5.91. The second kappa shape index (κ2) is 7.71. The summed E-state index contributed by atoms with van der Waals surface area (Å²) in [6.07, 6.45) is 1.78. The number of amides is 1. The maximum atomic E-state index is 12.2. The predicted molar refractivity (Wildman–Crippen MR) is 97.3 cm³/mol. The van der Waals surface area contributed by atoms with Crippen LogP contribution >= 0.6 is 0 Å². The van der Waals surface area contributed by atoms with Gasteiger partial charge in [0, 0.05) is 12.2 Å². The maximum Gasteiger partial charge on any atom is 0.273 e. The third-order valence-corrected chi connectivity index (χ3v) is 3.90. The Morgan fingerprint density at radius 1 is 1.12 bits per heavy atom. The van der Waals surface area contributed by atoms with Gasteiger partial charge in [-0.2, -0.15) is 0 Å². The van der Waals surface area contributed by atoms with Crippen LogP contribution in [0, 0.1) is 0 Å². The van der Waals surface area contributed by atoms with Crippen LogP contribution in [0.25, 0.3) is 0 Å². The molecule has 134 valence electrons. The largest absolute Gasteiger partial charge is 0.508 e. The molecule has 0 spiro atoms. The van der Waals surface area contributed by atoms with Crippen molar-refractivity contribution in [2.24, 2.45) is 5.73 Å². The Morgan fingerprint density at radius 2 is 1.77 bits per heavy atom. The van der Waals surface area contributed by atoms with Gasteiger partial charge in [0.05, 0.1) is 6.04 Å². The molecule has 0 bridgehead atoms. The summed E-state index contributed by atoms with van der Waals surface area (Å²) in [5.41, 5.74) is 14.4. The first kappa shape index (κ1) is 17.5. The summed E-state index contributed by atoms with van der Waals surface area (Å²) in [7, 11) is 0. The number of benzene rings is 2. The van der Waals surface area contributed by atoms with Gasteiger partial charge in [0.1, 0.15) is 12.0 Å². The number of carbonyl (C=O) groups excluding carboxylic acids is 1. The Kier molecular flexibility index (Phi) is 5.19. The van der Waals surface area contributed by atoms with E-state index in [4.69, 9.17) is 15.9 Å². The van der Waals surface area contributed by atoms with Crippen molar-refractivity contribution in [1.29, 1.82) is 0 Å². The minimum absolute atomic E-state index is 0.177. The zero-order chi connectivity index (χ0) is 18.5. The molecule has 7 nitrogen and oxygen atoms in total. The van der Waals surface area contributed by atoms with E-state index in [9.17, 15) is 9.90 Å². The fraction of sp³-hybridized carbons (Fsp3) is 0.158. The minimum Gasteiger partial charge on any atom is -0.508 e. The number of hydrogen-bond donors (Lipinski definition) is 4. The normalized spacial score (nSPS) is 11.9. The van der Waals surface area contributed by atoms with Crippen molar-refractivity contribution in [3.8, 4) is 5.75 Å². The van der Waals surface area contributed by atoms with E-state index in [1.807, 2.05) is 12.1 Å². The summed E-state index contributed by atoms with van der Waals surface area (Å²) < 4.78 is 5.35. The fourth-order valence-corrected chi connectivity index (χ4v) is 2.44. The number of carbonyl (C=O) groups is 1. The van der Waals surface area contributed by atoms with E-state index in [1.54, 1.807) is 36.4 Å². The van der Waals surface area contributed by atoms with E-state index in [0.717, 1.165) is 11.1 Å². The zero-order valence-corrected chi connectivity index (χ0v) is 14.1. The second-order valence-corrected chi connectivity index (χ2v) is 5.97. The van der Waals surface area contributed by atoms with Crippen molar-refractivity contribution in [3.05, 3.63) is 77.5 Å². The maximum absolute atomic E-state index is 12.2. The molecule has 7 heteroatoms. The molecule has 1 unspecified atom stereocenters. The summed E-state index contributed by atoms with van der Waals surface area (Å²) in [5.74, 6) is 0.142. The van der Waals surface area contributed by atoms with Crippen molar-refractivity contribution in [3.63, 3.8) is 0 Å². The Labute approximate surface area is 150 Å². The summed E-state index contributed by atoms with van der Waals surface area (Å²) in [6.45, 7) is 0.362. The van der Waals surface area contributed by atoms with E-state index in [1.165, 1.54) is 6.26 Å². The van der Waals surface area contributed by atoms with Gasteiger partial charge in [-0.15, -0.1) is 0 Å². The molecular weight excluding hydrogens is 332 g/mol. The Morgan fingerprint density at radius 3 is 2.46 bits per heavy atom. The van der Waals surface area contributed by atoms with Crippen LogP contribution in [-0.4, -0.2) is 16.0 Å². The van der Waals surface area contributed by atoms with Gasteiger partial charge in [0.2, 0.25) is 5.89 Å². The van der Waals surface area contributed by atoms with Crippen LogP contribution in [0.5, 0.6) is 5.75 Å². The van der Waals surface area contributed by atoms with Crippen LogP contribution in [0.3, 0.4) is 0 Å². The molecule has 1 heterocycles. The lowest BCUT2D eigenvalue weighted by Crippen LogP contribution is -2.23. The van der Waals surface area contributed by atoms with Crippen LogP contribution in [0.2, 0.25) is 0 Å². The van der Waals surface area contributed by atoms with Crippen molar-refractivity contribution in [1.82, 2.24) is 10.3 Å². The second-order valence-electron chi connectivity index (χ2n) is 5.97. The molecule has 1 amide bonds. The van der Waals surface area contributed by atoms with Gasteiger partial charge >= 0.3 is 0 Å². The first-order chi connectivity index (χ1) is 12.5. The highest BCUT2D eigenvalue weighted by Gasteiger charge is 2.17. The van der Waals surface area contributed by atoms with Gasteiger partial charge in [-0.1, -0.05) is 24.3 Å². The van der Waals surface area contributed by atoms with Gasteiger partial charge in [0.25, 0.3) is 5.91 Å². The van der Waals surface area contributed by atoms with Gasteiger partial charge in [0.15, 0.2) is 5.69 Å². The van der Waals surface area contributed by atoms with Gasteiger partial charge in [-0.25, -0.2) is 4.98 Å². The first-order valence-corrected chi connectivity index (χ1v) is 8.13. The number of oxazole rings is 1. The number of nitrogen functional groups attached to an aromatic ring is 1. The lowest BCUT2D eigenvalue weighted by Gasteiger charge is -2.07. The number of anilines is 1. The minimum atomic E-state index is -0.488. The summed E-state index contributed by atoms with van der Waals surface area (Å²) in [4.78, 5) is 16.4. The van der Waals surface area contributed by atoms with Crippen LogP contribution in [-0.2, 0) is 13.0 Å². The highest BCUT2D eigenvalue weighted by atomic mass is 16.3. The van der Waals surface area contributed by atoms with Crippen molar-refractivity contribution < 1.29 is 14.3 Å². The molecule has 3 aromatic rings. The third-order valence-electron chi connectivity index (χ3n) is 3.90. The number of nitrogens with two attached hydrogens (primary N) is 2. The van der Waals surface area contributed by atoms with Crippen LogP contribution in [0.4, 0.5) is 5.69 Å². The van der Waals surface area contributed by atoms with Crippen LogP contribution in [0.15, 0.2) is 59.2 Å². The zero-order valence-electron chi connectivity index (χ0n) is 14.1. The topological polar surface area (TPSA) is 127 Å². The number of aromatic hydroxyl groups is 1. The lowest BCUT2D eigenvalue weighted by molar-refractivity contribution is 0.0946. The van der Waals surface area contributed by atoms with E-state index in [0.29, 0.717) is 18.7 Å². The average molecular weight is 352 g/mol. The molecule has 0 aliphatic rings. The molecule has 1 aromatic heterocycles. The van der Waals surface area contributed by atoms with Crippen LogP contribution in [0.1, 0.15) is 33.5 Å². The third kappa shape index (κ3) is 4.40. The SMILES string of the molecule is Nc1ccc(CNC(=O)c2coc(C(N)Cc3ccc(O)cc3)n2)cc1. The predicted octanol–water partition coefficient (Wildman–Crippen LogP) is 2.13. The van der Waals surface area contributed by atoms with Crippen molar-refractivity contribution >= 4 is 11.6 Å². The fourth-order valence-electron chi connectivity index (χ4n) is 2.44. The molecule has 0 saturated carbocycles. The van der Waals surface area contributed by atoms with Gasteiger partial charge in [-0.05, 0) is 41.8 Å². The standard InChI is InChI=1S/C19H20N4O3/c20-14-5-1-13(2-6-14)10-22-18(25)17-11-26-19(23-17)16(21)9-12-3-7-15(24)8-4-12/h1-8,11,16,24H,9-10,20-21H2,(H,22,25). The highest BCUT2D eigenvalue weighted by Crippen LogP contribution is 2.18. The number of hydrogen-bond acceptors (Lipinski definition) is 6. The summed E-state index contributed by atoms with van der Waals surface area (Å²) >= 11 is 0. The van der Waals surface area contributed by atoms with Crippen LogP contribution < -0.4 is 16.8 Å². The number of rotatable bonds is 6. The molecule has 26 heavy (non-hydrogen) atoms. The number of phenolic OH excluding ortho intramolecular Hbond substituents is 1. The number of nitrogens with zero attached hydrogens (tertiary/aromatic N) is 1. The molecule has 6 N–H and O–H groups in total. The molecular formula is C19H20N4O3. The molecule has 0 fully saturated rings. The smallest absolute Gasteiger partial charge is 0.273 e. The Bertz CT molecular complexity index is 873. The lowest BCUT2D eigenvalue weighted by atomic mass is 10.1. The van der Waals surface area contributed by atoms with E-state index >= 15 is 0 Å². The molecule has 1 atom stereocenters. The quantitative estimate of drug-likeness (QED) is 0.503. The van der Waals surface area contributed by atoms with Crippen molar-refractivity contribution in [2.75, 3.05) is 5.73 Å². The number of aromatic nitrogens is 1. The molecule has 2 aromatic carbocycles.